The Bertz CT molecular complexity index is 670. The van der Waals surface area contributed by atoms with Crippen LogP contribution in [0.2, 0.25) is 0 Å². The predicted molar refractivity (Wildman–Crippen MR) is 88.7 cm³/mol. The average Bonchev–Trinajstić information content (AvgIpc) is 2.57. The molecule has 0 saturated carbocycles. The molecule has 0 fully saturated rings. The topological polar surface area (TPSA) is 35.2 Å². The summed E-state index contributed by atoms with van der Waals surface area (Å²) in [5, 5.41) is 8.47. The first-order valence-electron chi connectivity index (χ1n) is 6.27. The van der Waals surface area contributed by atoms with Gasteiger partial charge in [0.2, 0.25) is 0 Å². The van der Waals surface area contributed by atoms with E-state index in [1.165, 1.54) is 5.16 Å². The fourth-order valence-corrected chi connectivity index (χ4v) is 1.86. The smallest absolute Gasteiger partial charge is 0.753 e. The van der Waals surface area contributed by atoms with Crippen molar-refractivity contribution in [2.24, 2.45) is 0 Å². The summed E-state index contributed by atoms with van der Waals surface area (Å²) in [6, 6.07) is 26.5. The molecule has 2 nitrogen and oxygen atoms in total. The van der Waals surface area contributed by atoms with Gasteiger partial charge in [0.25, 0.3) is 0 Å². The molecule has 0 unspecified atom stereocenters. The molecule has 0 amide bonds. The average molecular weight is 346 g/mol. The van der Waals surface area contributed by atoms with E-state index in [0.717, 1.165) is 22.4 Å². The van der Waals surface area contributed by atoms with E-state index in [0.29, 0.717) is 0 Å². The fraction of sp³-hybridized carbons (Fsp3) is 0. The minimum atomic E-state index is 0. The number of thiocarbonyl (C=S) groups is 1. The largest absolute Gasteiger partial charge is 3.00 e. The van der Waals surface area contributed by atoms with Crippen molar-refractivity contribution >= 4 is 17.4 Å². The standard InChI is InChI=1S/C17H11N.CNS.Ni/c1-2-7-14(8-3-1)15-9-6-10-16(13-15)17-11-4-5-12-18-17;2-1-3;/h1-7,9-12H;;/q-2;-1;+3. The number of benzene rings is 2. The van der Waals surface area contributed by atoms with Crippen LogP contribution in [0, 0.1) is 12.1 Å². The summed E-state index contributed by atoms with van der Waals surface area (Å²) >= 11 is 3.70. The Morgan fingerprint density at radius 3 is 2.23 bits per heavy atom. The first-order chi connectivity index (χ1) is 10.3. The third-order valence-corrected chi connectivity index (χ3v) is 2.74. The first-order valence-corrected chi connectivity index (χ1v) is 6.68. The van der Waals surface area contributed by atoms with Gasteiger partial charge in [0.05, 0.1) is 0 Å². The molecule has 22 heavy (non-hydrogen) atoms. The quantitative estimate of drug-likeness (QED) is 0.293. The van der Waals surface area contributed by atoms with Crippen LogP contribution in [0.15, 0.2) is 66.9 Å². The summed E-state index contributed by atoms with van der Waals surface area (Å²) in [5.41, 5.74) is 4.04. The normalized spacial score (nSPS) is 8.73. The monoisotopic (exact) mass is 345 g/mol. The molecule has 0 aliphatic carbocycles. The fourth-order valence-electron chi connectivity index (χ4n) is 1.86. The van der Waals surface area contributed by atoms with Crippen molar-refractivity contribution < 1.29 is 16.5 Å². The molecular weight excluding hydrogens is 335 g/mol. The van der Waals surface area contributed by atoms with E-state index in [1.807, 2.05) is 60.7 Å². The number of isothiocyanates is 1. The van der Waals surface area contributed by atoms with Gasteiger partial charge < -0.3 is 5.41 Å². The molecule has 0 aliphatic heterocycles. The number of hydrogen-bond acceptors (Lipinski definition) is 2. The summed E-state index contributed by atoms with van der Waals surface area (Å²) in [7, 11) is 0. The molecule has 0 atom stereocenters. The molecule has 3 rings (SSSR count). The molecule has 4 heteroatoms. The summed E-state index contributed by atoms with van der Waals surface area (Å²) < 4.78 is 0. The Morgan fingerprint density at radius 2 is 1.59 bits per heavy atom. The first kappa shape index (κ1) is 17.9. The SMILES string of the molecule is [N-]=C=S.[Ni+3].[c-]1ccccc1-c1[c-]c(-c2ccccn2)ccc1. The molecule has 1 radical (unpaired) electrons. The van der Waals surface area contributed by atoms with Crippen LogP contribution in [0.5, 0.6) is 0 Å². The van der Waals surface area contributed by atoms with Gasteiger partial charge in [0.15, 0.2) is 0 Å². The molecule has 2 aromatic carbocycles. The van der Waals surface area contributed by atoms with Crippen LogP contribution < -0.4 is 0 Å². The molecule has 1 heterocycles. The van der Waals surface area contributed by atoms with Crippen molar-refractivity contribution in [3.8, 4) is 22.4 Å². The summed E-state index contributed by atoms with van der Waals surface area (Å²) in [6.45, 7) is 0. The molecule has 1 aromatic heterocycles. The summed E-state index contributed by atoms with van der Waals surface area (Å²) in [5.74, 6) is 0. The van der Waals surface area contributed by atoms with E-state index in [4.69, 9.17) is 5.41 Å². The van der Waals surface area contributed by atoms with Gasteiger partial charge in [0.1, 0.15) is 0 Å². The van der Waals surface area contributed by atoms with E-state index >= 15 is 0 Å². The maximum Gasteiger partial charge on any atom is 3.00 e. The van der Waals surface area contributed by atoms with Crippen molar-refractivity contribution in [1.29, 1.82) is 0 Å². The Labute approximate surface area is 145 Å². The molecule has 0 spiro atoms. The van der Waals surface area contributed by atoms with Crippen molar-refractivity contribution in [2.75, 3.05) is 0 Å². The van der Waals surface area contributed by atoms with E-state index in [-0.39, 0.29) is 16.5 Å². The molecule has 0 N–H and O–H groups in total. The summed E-state index contributed by atoms with van der Waals surface area (Å²) in [6.07, 6.45) is 1.80. The number of hydrogen-bond donors (Lipinski definition) is 0. The minimum Gasteiger partial charge on any atom is -0.753 e. The maximum atomic E-state index is 7.13. The van der Waals surface area contributed by atoms with Crippen LogP contribution in [-0.2, 0) is 16.5 Å². The van der Waals surface area contributed by atoms with Crippen LogP contribution in [0.4, 0.5) is 0 Å². The van der Waals surface area contributed by atoms with E-state index < -0.39 is 0 Å². The number of rotatable bonds is 2. The van der Waals surface area contributed by atoms with Crippen LogP contribution >= 0.6 is 12.2 Å². The van der Waals surface area contributed by atoms with Crippen molar-refractivity contribution in [1.82, 2.24) is 4.98 Å². The van der Waals surface area contributed by atoms with Crippen LogP contribution in [0.1, 0.15) is 0 Å². The number of pyridine rings is 1. The zero-order chi connectivity index (χ0) is 14.9. The Balaban J connectivity index is 0.000000562. The molecule has 0 bridgehead atoms. The Hall–Kier alpha value is -2.12. The third-order valence-electron chi connectivity index (χ3n) is 2.74. The second kappa shape index (κ2) is 9.75. The maximum absolute atomic E-state index is 7.13. The molecule has 109 valence electrons. The number of nitrogens with zero attached hydrogens (tertiary/aromatic N) is 2. The van der Waals surface area contributed by atoms with Crippen molar-refractivity contribution in [2.45, 2.75) is 0 Å². The zero-order valence-electron chi connectivity index (χ0n) is 11.5. The molecular formula is C18H11N2NiS. The van der Waals surface area contributed by atoms with Gasteiger partial charge >= 0.3 is 16.5 Å². The molecule has 3 aromatic rings. The van der Waals surface area contributed by atoms with Gasteiger partial charge in [-0.1, -0.05) is 24.4 Å². The van der Waals surface area contributed by atoms with Gasteiger partial charge in [-0.3, -0.25) is 4.98 Å². The second-order valence-electron chi connectivity index (χ2n) is 4.06. The van der Waals surface area contributed by atoms with Gasteiger partial charge in [-0.25, -0.2) is 5.56 Å². The predicted octanol–water partition coefficient (Wildman–Crippen LogP) is 4.67. The summed E-state index contributed by atoms with van der Waals surface area (Å²) in [4.78, 5) is 4.34. The van der Waals surface area contributed by atoms with Crippen molar-refractivity contribution in [3.63, 3.8) is 0 Å². The van der Waals surface area contributed by atoms with Crippen LogP contribution in [-0.4, -0.2) is 10.1 Å². The van der Waals surface area contributed by atoms with Gasteiger partial charge in [0, 0.05) is 11.9 Å². The van der Waals surface area contributed by atoms with E-state index in [9.17, 15) is 0 Å². The minimum absolute atomic E-state index is 0. The third kappa shape index (κ3) is 5.01. The van der Waals surface area contributed by atoms with Gasteiger partial charge in [-0.2, -0.15) is 47.1 Å². The van der Waals surface area contributed by atoms with Crippen LogP contribution in [0.25, 0.3) is 27.8 Å². The van der Waals surface area contributed by atoms with E-state index in [1.54, 1.807) is 6.20 Å². The number of aromatic nitrogens is 1. The Kier molecular flexibility index (Phi) is 7.95. The van der Waals surface area contributed by atoms with Crippen LogP contribution in [0.3, 0.4) is 0 Å². The Morgan fingerprint density at radius 1 is 0.909 bits per heavy atom. The van der Waals surface area contributed by atoms with E-state index in [2.05, 4.69) is 29.3 Å². The van der Waals surface area contributed by atoms with Gasteiger partial charge in [-0.05, 0) is 6.07 Å². The molecule has 0 aliphatic rings. The van der Waals surface area contributed by atoms with Gasteiger partial charge in [-0.15, -0.1) is 23.8 Å². The zero-order valence-corrected chi connectivity index (χ0v) is 13.3. The van der Waals surface area contributed by atoms with Crippen molar-refractivity contribution in [3.05, 3.63) is 84.4 Å². The second-order valence-corrected chi connectivity index (χ2v) is 4.24. The molecule has 0 saturated heterocycles.